The SMILES string of the molecule is Cc1nc(-c2nc(C)c(C)c(C)n2)c(C)nc1Oc1nc(C)c(-c2nc(C)c(C)c(C)n2)nc1C. The highest BCUT2D eigenvalue weighted by atomic mass is 16.5. The van der Waals surface area contributed by atoms with Crippen molar-refractivity contribution in [2.75, 3.05) is 0 Å². The summed E-state index contributed by atoms with van der Waals surface area (Å²) in [6.45, 7) is 19.3. The van der Waals surface area contributed by atoms with E-state index in [1.165, 1.54) is 0 Å². The van der Waals surface area contributed by atoms with Crippen molar-refractivity contribution in [3.8, 4) is 34.8 Å². The van der Waals surface area contributed by atoms with Crippen LogP contribution in [0.3, 0.4) is 0 Å². The molecule has 0 aliphatic heterocycles. The second kappa shape index (κ2) is 9.05. The smallest absolute Gasteiger partial charge is 0.243 e. The molecule has 0 fully saturated rings. The van der Waals surface area contributed by atoms with Crippen LogP contribution in [-0.4, -0.2) is 39.9 Å². The van der Waals surface area contributed by atoms with Crippen molar-refractivity contribution in [2.24, 2.45) is 0 Å². The van der Waals surface area contributed by atoms with Crippen LogP contribution in [0.5, 0.6) is 11.8 Å². The molecule has 0 aromatic carbocycles. The van der Waals surface area contributed by atoms with Crippen molar-refractivity contribution in [3.63, 3.8) is 0 Å². The normalized spacial score (nSPS) is 11.1. The fourth-order valence-corrected chi connectivity index (χ4v) is 3.63. The highest BCUT2D eigenvalue weighted by molar-refractivity contribution is 5.56. The van der Waals surface area contributed by atoms with Crippen LogP contribution in [-0.2, 0) is 0 Å². The van der Waals surface area contributed by atoms with E-state index in [1.54, 1.807) is 0 Å². The Labute approximate surface area is 205 Å². The lowest BCUT2D eigenvalue weighted by molar-refractivity contribution is 0.429. The molecule has 9 nitrogen and oxygen atoms in total. The molecule has 0 atom stereocenters. The Kier molecular flexibility index (Phi) is 6.27. The van der Waals surface area contributed by atoms with E-state index in [0.29, 0.717) is 57.6 Å². The maximum Gasteiger partial charge on any atom is 0.243 e. The van der Waals surface area contributed by atoms with E-state index in [4.69, 9.17) is 14.7 Å². The van der Waals surface area contributed by atoms with Crippen molar-refractivity contribution in [1.82, 2.24) is 39.9 Å². The van der Waals surface area contributed by atoms with Crippen molar-refractivity contribution >= 4 is 0 Å². The Morgan fingerprint density at radius 3 is 0.971 bits per heavy atom. The zero-order valence-corrected chi connectivity index (χ0v) is 22.0. The van der Waals surface area contributed by atoms with E-state index >= 15 is 0 Å². The average molecular weight is 471 g/mol. The van der Waals surface area contributed by atoms with Crippen molar-refractivity contribution < 1.29 is 4.74 Å². The van der Waals surface area contributed by atoms with Gasteiger partial charge >= 0.3 is 0 Å². The summed E-state index contributed by atoms with van der Waals surface area (Å²) in [4.78, 5) is 37.2. The van der Waals surface area contributed by atoms with Gasteiger partial charge < -0.3 is 4.74 Å². The molecule has 0 saturated heterocycles. The number of hydrogen-bond acceptors (Lipinski definition) is 9. The van der Waals surface area contributed by atoms with E-state index in [2.05, 4.69) is 29.9 Å². The number of nitrogens with zero attached hydrogens (tertiary/aromatic N) is 8. The predicted molar refractivity (Wildman–Crippen MR) is 134 cm³/mol. The van der Waals surface area contributed by atoms with Gasteiger partial charge in [0, 0.05) is 22.8 Å². The number of rotatable bonds is 4. The fraction of sp³-hybridized carbons (Fsp3) is 0.385. The molecule has 0 aliphatic rings. The first kappa shape index (κ1) is 24.3. The quantitative estimate of drug-likeness (QED) is 0.404. The van der Waals surface area contributed by atoms with Crippen LogP contribution in [0.4, 0.5) is 0 Å². The molecule has 4 aromatic heterocycles. The molecule has 4 aromatic rings. The summed E-state index contributed by atoms with van der Waals surface area (Å²) in [7, 11) is 0. The van der Waals surface area contributed by atoms with Gasteiger partial charge in [0.05, 0.1) is 11.4 Å². The fourth-order valence-electron chi connectivity index (χ4n) is 3.63. The largest absolute Gasteiger partial charge is 0.417 e. The summed E-state index contributed by atoms with van der Waals surface area (Å²) in [5.74, 6) is 1.86. The summed E-state index contributed by atoms with van der Waals surface area (Å²) in [6, 6.07) is 0. The van der Waals surface area contributed by atoms with Gasteiger partial charge in [0.15, 0.2) is 11.6 Å². The zero-order valence-electron chi connectivity index (χ0n) is 22.0. The van der Waals surface area contributed by atoms with Crippen LogP contribution >= 0.6 is 0 Å². The maximum atomic E-state index is 6.09. The van der Waals surface area contributed by atoms with E-state index in [0.717, 1.165) is 33.9 Å². The molecule has 9 heteroatoms. The third kappa shape index (κ3) is 4.58. The molecule has 0 bridgehead atoms. The molecule has 0 amide bonds. The standard InChI is InChI=1S/C26H30N8O/c1-11-13(3)29-23(30-14(11)4)21-17(7)33-25(19(9)27-21)35-26-20(10)28-22(18(8)34-26)24-31-15(5)12(2)16(6)32-24/h1-10H3. The number of aromatic nitrogens is 8. The minimum atomic E-state index is 0.370. The highest BCUT2D eigenvalue weighted by Gasteiger charge is 2.19. The Balaban J connectivity index is 1.69. The lowest BCUT2D eigenvalue weighted by Gasteiger charge is -2.14. The lowest BCUT2D eigenvalue weighted by atomic mass is 10.2. The van der Waals surface area contributed by atoms with Crippen LogP contribution < -0.4 is 4.74 Å². The van der Waals surface area contributed by atoms with Crippen LogP contribution in [0.1, 0.15) is 56.7 Å². The Bertz CT molecular complexity index is 1320. The second-order valence-corrected chi connectivity index (χ2v) is 8.88. The molecule has 0 saturated carbocycles. The van der Waals surface area contributed by atoms with E-state index in [1.807, 2.05) is 69.2 Å². The van der Waals surface area contributed by atoms with E-state index < -0.39 is 0 Å². The molecule has 4 rings (SSSR count). The van der Waals surface area contributed by atoms with Gasteiger partial charge in [0.2, 0.25) is 11.8 Å². The van der Waals surface area contributed by atoms with Gasteiger partial charge in [-0.2, -0.15) is 0 Å². The molecular weight excluding hydrogens is 440 g/mol. The summed E-state index contributed by atoms with van der Waals surface area (Å²) < 4.78 is 6.09. The molecule has 0 N–H and O–H groups in total. The summed E-state index contributed by atoms with van der Waals surface area (Å²) >= 11 is 0. The topological polar surface area (TPSA) is 112 Å². The van der Waals surface area contributed by atoms with Gasteiger partial charge in [-0.1, -0.05) is 0 Å². The van der Waals surface area contributed by atoms with Crippen LogP contribution in [0.15, 0.2) is 0 Å². The Morgan fingerprint density at radius 1 is 0.343 bits per heavy atom. The molecule has 35 heavy (non-hydrogen) atoms. The first-order valence-corrected chi connectivity index (χ1v) is 11.5. The second-order valence-electron chi connectivity index (χ2n) is 8.88. The molecule has 4 heterocycles. The third-order valence-corrected chi connectivity index (χ3v) is 6.28. The summed E-state index contributed by atoms with van der Waals surface area (Å²) in [5, 5.41) is 0. The molecule has 0 spiro atoms. The van der Waals surface area contributed by atoms with Crippen molar-refractivity contribution in [2.45, 2.75) is 69.2 Å². The first-order chi connectivity index (χ1) is 16.5. The minimum absolute atomic E-state index is 0.370. The van der Waals surface area contributed by atoms with Gasteiger partial charge in [-0.05, 0) is 80.4 Å². The molecule has 0 aliphatic carbocycles. The van der Waals surface area contributed by atoms with Crippen molar-refractivity contribution in [1.29, 1.82) is 0 Å². The Hall–Kier alpha value is -3.88. The van der Waals surface area contributed by atoms with Crippen LogP contribution in [0.2, 0.25) is 0 Å². The molecular formula is C26H30N8O. The van der Waals surface area contributed by atoms with Crippen molar-refractivity contribution in [3.05, 3.63) is 56.7 Å². The van der Waals surface area contributed by atoms with Gasteiger partial charge in [-0.3, -0.25) is 0 Å². The van der Waals surface area contributed by atoms with Gasteiger partial charge in [0.25, 0.3) is 0 Å². The van der Waals surface area contributed by atoms with Crippen LogP contribution in [0, 0.1) is 69.2 Å². The molecule has 0 unspecified atom stereocenters. The molecule has 0 radical (unpaired) electrons. The van der Waals surface area contributed by atoms with Gasteiger partial charge in [-0.25, -0.2) is 39.9 Å². The Morgan fingerprint density at radius 2 is 0.657 bits per heavy atom. The monoisotopic (exact) mass is 470 g/mol. The summed E-state index contributed by atoms with van der Waals surface area (Å²) in [6.07, 6.45) is 0. The minimum Gasteiger partial charge on any atom is -0.417 e. The molecule has 180 valence electrons. The van der Waals surface area contributed by atoms with Gasteiger partial charge in [-0.15, -0.1) is 0 Å². The maximum absolute atomic E-state index is 6.09. The number of ether oxygens (including phenoxy) is 1. The van der Waals surface area contributed by atoms with E-state index in [9.17, 15) is 0 Å². The van der Waals surface area contributed by atoms with Crippen LogP contribution in [0.25, 0.3) is 23.0 Å². The third-order valence-electron chi connectivity index (χ3n) is 6.28. The predicted octanol–water partition coefficient (Wildman–Crippen LogP) is 5.06. The average Bonchev–Trinajstić information content (AvgIpc) is 2.79. The zero-order chi connectivity index (χ0) is 25.6. The lowest BCUT2D eigenvalue weighted by Crippen LogP contribution is -2.07. The van der Waals surface area contributed by atoms with Gasteiger partial charge in [0.1, 0.15) is 22.8 Å². The number of hydrogen-bond donors (Lipinski definition) is 0. The summed E-state index contributed by atoms with van der Waals surface area (Å²) in [5.41, 5.74) is 9.70. The highest BCUT2D eigenvalue weighted by Crippen LogP contribution is 2.29. The first-order valence-electron chi connectivity index (χ1n) is 11.5. The van der Waals surface area contributed by atoms with E-state index in [-0.39, 0.29) is 0 Å². The number of aryl methyl sites for hydroxylation is 8.